The number of hydrogen-bond acceptors (Lipinski definition) is 16. The highest BCUT2D eigenvalue weighted by molar-refractivity contribution is 7.86. The summed E-state index contributed by atoms with van der Waals surface area (Å²) in [4.78, 5) is 3.48. The van der Waals surface area contributed by atoms with Crippen molar-refractivity contribution in [1.82, 2.24) is 4.98 Å². The van der Waals surface area contributed by atoms with Crippen LogP contribution in [0, 0.1) is 29.6 Å². The Bertz CT molecular complexity index is 3770. The first-order valence-corrected chi connectivity index (χ1v) is 24.1. The molecule has 66 heavy (non-hydrogen) atoms. The third-order valence-corrected chi connectivity index (χ3v) is 13.5. The van der Waals surface area contributed by atoms with Crippen LogP contribution >= 0.6 is 11.3 Å². The Balaban J connectivity index is 1.28. The maximum Gasteiger partial charge on any atom is 0.295 e. The fourth-order valence-electron chi connectivity index (χ4n) is 6.82. The number of nitriles is 2. The van der Waals surface area contributed by atoms with Crippen LogP contribution in [0.5, 0.6) is 0 Å². The van der Waals surface area contributed by atoms with Crippen LogP contribution in [0.25, 0.3) is 32.7 Å². The van der Waals surface area contributed by atoms with Gasteiger partial charge in [0.25, 0.3) is 30.4 Å². The number of pyridine rings is 1. The standard InChI is InChI=1S/C44H29N9O9S4/c1-25-36(23-45)41(47-30-12-16-33(17-13-30)64(54,55)56)49-42(48-31-14-18-34(19-15-31)65(57,58)59)40(25)51-52-43-37(24-46)39(29-11-10-26-6-2-3-7-27(26)20-29)44(63-43)53-50-32-21-28-8-4-5-9-35(28)38(22-32)66(60,61)62/h2-22H,1H3,(H2,47,48,49)(H,54,55,56)(H,57,58,59)(H,60,61,62). The lowest BCUT2D eigenvalue weighted by molar-refractivity contribution is 0.481. The van der Waals surface area contributed by atoms with Crippen molar-refractivity contribution in [2.75, 3.05) is 10.6 Å². The van der Waals surface area contributed by atoms with Gasteiger partial charge in [0.15, 0.2) is 16.6 Å². The third kappa shape index (κ3) is 9.37. The molecule has 0 aliphatic rings. The van der Waals surface area contributed by atoms with Crippen molar-refractivity contribution in [3.05, 3.63) is 144 Å². The summed E-state index contributed by atoms with van der Waals surface area (Å²) in [6, 6.07) is 36.6. The predicted molar refractivity (Wildman–Crippen MR) is 247 cm³/mol. The molecule has 0 unspecified atom stereocenters. The Labute approximate surface area is 380 Å². The molecule has 0 fully saturated rings. The van der Waals surface area contributed by atoms with Crippen LogP contribution in [0.15, 0.2) is 163 Å². The molecule has 0 amide bonds. The van der Waals surface area contributed by atoms with E-state index in [1.54, 1.807) is 43.3 Å². The van der Waals surface area contributed by atoms with E-state index in [-0.39, 0.29) is 81.2 Å². The first kappa shape index (κ1) is 44.8. The van der Waals surface area contributed by atoms with Crippen LogP contribution in [0.2, 0.25) is 0 Å². The molecular formula is C44H29N9O9S4. The molecule has 0 bridgehead atoms. The highest BCUT2D eigenvalue weighted by atomic mass is 32.2. The summed E-state index contributed by atoms with van der Waals surface area (Å²) in [5, 5.41) is 47.7. The lowest BCUT2D eigenvalue weighted by Gasteiger charge is -2.16. The van der Waals surface area contributed by atoms with E-state index in [9.17, 15) is 49.4 Å². The second kappa shape index (κ2) is 17.6. The number of hydrogen-bond donors (Lipinski definition) is 5. The first-order chi connectivity index (χ1) is 31.4. The maximum absolute atomic E-state index is 12.4. The van der Waals surface area contributed by atoms with E-state index in [1.165, 1.54) is 30.3 Å². The minimum Gasteiger partial charge on any atom is -0.339 e. The molecular weight excluding hydrogens is 927 g/mol. The van der Waals surface area contributed by atoms with Gasteiger partial charge >= 0.3 is 0 Å². The van der Waals surface area contributed by atoms with Crippen LogP contribution in [0.4, 0.5) is 44.4 Å². The van der Waals surface area contributed by atoms with Crippen molar-refractivity contribution >= 4 is 108 Å². The van der Waals surface area contributed by atoms with Crippen molar-refractivity contribution in [2.24, 2.45) is 20.5 Å². The number of rotatable bonds is 12. The lowest BCUT2D eigenvalue weighted by atomic mass is 10.00. The van der Waals surface area contributed by atoms with Crippen LogP contribution in [0.3, 0.4) is 0 Å². The normalized spacial score (nSPS) is 12.2. The number of benzene rings is 6. The second-order valence-corrected chi connectivity index (χ2v) is 19.4. The van der Waals surface area contributed by atoms with Crippen molar-refractivity contribution in [3.8, 4) is 23.3 Å². The molecule has 328 valence electrons. The Morgan fingerprint density at radius 1 is 0.576 bits per heavy atom. The number of thiophene rings is 1. The predicted octanol–water partition coefficient (Wildman–Crippen LogP) is 11.2. The summed E-state index contributed by atoms with van der Waals surface area (Å²) in [7, 11) is -13.7. The third-order valence-electron chi connectivity index (χ3n) is 9.96. The molecule has 0 aliphatic heterocycles. The van der Waals surface area contributed by atoms with Crippen LogP contribution < -0.4 is 10.6 Å². The van der Waals surface area contributed by atoms with E-state index in [4.69, 9.17) is 0 Å². The Morgan fingerprint density at radius 3 is 1.73 bits per heavy atom. The smallest absolute Gasteiger partial charge is 0.295 e. The Kier molecular flexibility index (Phi) is 12.0. The number of azo groups is 2. The largest absolute Gasteiger partial charge is 0.339 e. The number of anilines is 4. The van der Waals surface area contributed by atoms with Crippen molar-refractivity contribution in [2.45, 2.75) is 21.6 Å². The summed E-state index contributed by atoms with van der Waals surface area (Å²) >= 11 is 0.930. The van der Waals surface area contributed by atoms with E-state index in [2.05, 4.69) is 48.2 Å². The van der Waals surface area contributed by atoms with E-state index in [0.717, 1.165) is 46.4 Å². The Hall–Kier alpha value is -7.80. The van der Waals surface area contributed by atoms with Crippen LogP contribution in [0.1, 0.15) is 16.7 Å². The number of nitrogens with one attached hydrogen (secondary N) is 2. The van der Waals surface area contributed by atoms with Gasteiger partial charge in [-0.2, -0.15) is 35.8 Å². The molecule has 0 atom stereocenters. The van der Waals surface area contributed by atoms with Gasteiger partial charge in [0.05, 0.1) is 21.0 Å². The van der Waals surface area contributed by atoms with E-state index in [0.29, 0.717) is 16.5 Å². The fourth-order valence-corrected chi connectivity index (χ4v) is 9.43. The second-order valence-electron chi connectivity index (χ2n) is 14.2. The molecule has 8 rings (SSSR count). The molecule has 6 aromatic carbocycles. The minimum atomic E-state index is -4.68. The SMILES string of the molecule is Cc1c(C#N)c(Nc2ccc(S(=O)(=O)O)cc2)nc(Nc2ccc(S(=O)(=O)O)cc2)c1N=Nc1sc(N=Nc2cc(S(=O)(=O)O)c3ccccc3c2)c(-c2ccc3ccccc3c2)c1C#N. The summed E-state index contributed by atoms with van der Waals surface area (Å²) in [5.74, 6) is -0.0471. The van der Waals surface area contributed by atoms with E-state index >= 15 is 0 Å². The van der Waals surface area contributed by atoms with Gasteiger partial charge in [-0.3, -0.25) is 13.7 Å². The zero-order valence-corrected chi connectivity index (χ0v) is 36.9. The van der Waals surface area contributed by atoms with Gasteiger partial charge in [-0.15, -0.1) is 20.5 Å². The van der Waals surface area contributed by atoms with E-state index in [1.807, 2.05) is 36.4 Å². The monoisotopic (exact) mass is 955 g/mol. The number of nitrogens with zero attached hydrogens (tertiary/aromatic N) is 7. The lowest BCUT2D eigenvalue weighted by Crippen LogP contribution is -2.05. The van der Waals surface area contributed by atoms with Gasteiger partial charge < -0.3 is 10.6 Å². The molecule has 0 saturated heterocycles. The molecule has 0 spiro atoms. The zero-order valence-electron chi connectivity index (χ0n) is 33.7. The maximum atomic E-state index is 12.4. The van der Waals surface area contributed by atoms with Crippen LogP contribution in [-0.4, -0.2) is 43.9 Å². The molecule has 18 nitrogen and oxygen atoms in total. The number of aromatic nitrogens is 1. The fraction of sp³-hybridized carbons (Fsp3) is 0.0227. The van der Waals surface area contributed by atoms with Crippen molar-refractivity contribution in [3.63, 3.8) is 0 Å². The van der Waals surface area contributed by atoms with Crippen molar-refractivity contribution < 1.29 is 38.9 Å². The minimum absolute atomic E-state index is 0.000643. The van der Waals surface area contributed by atoms with Gasteiger partial charge in [-0.25, -0.2) is 4.98 Å². The molecule has 2 heterocycles. The van der Waals surface area contributed by atoms with Gasteiger partial charge in [0, 0.05) is 27.9 Å². The summed E-state index contributed by atoms with van der Waals surface area (Å²) < 4.78 is 101. The van der Waals surface area contributed by atoms with Gasteiger partial charge in [-0.1, -0.05) is 72.0 Å². The highest BCUT2D eigenvalue weighted by Crippen LogP contribution is 2.49. The van der Waals surface area contributed by atoms with Crippen LogP contribution in [-0.2, 0) is 30.4 Å². The molecule has 22 heteroatoms. The van der Waals surface area contributed by atoms with E-state index < -0.39 is 30.4 Å². The average molecular weight is 956 g/mol. The zero-order chi connectivity index (χ0) is 47.0. The quantitative estimate of drug-likeness (QED) is 0.0562. The summed E-state index contributed by atoms with van der Waals surface area (Å²) in [5.41, 5.74) is 1.75. The van der Waals surface area contributed by atoms with Gasteiger partial charge in [0.1, 0.15) is 33.3 Å². The molecule has 8 aromatic rings. The topological polar surface area (TPSA) is 297 Å². The first-order valence-electron chi connectivity index (χ1n) is 18.9. The van der Waals surface area contributed by atoms with Gasteiger partial charge in [0.2, 0.25) is 0 Å². The molecule has 0 radical (unpaired) electrons. The Morgan fingerprint density at radius 2 is 1.14 bits per heavy atom. The average Bonchev–Trinajstić information content (AvgIpc) is 3.64. The summed E-state index contributed by atoms with van der Waals surface area (Å²) in [6.07, 6.45) is 0. The molecule has 5 N–H and O–H groups in total. The highest BCUT2D eigenvalue weighted by Gasteiger charge is 2.24. The van der Waals surface area contributed by atoms with Gasteiger partial charge in [-0.05, 0) is 95.4 Å². The van der Waals surface area contributed by atoms with Crippen molar-refractivity contribution in [1.29, 1.82) is 10.5 Å². The summed E-state index contributed by atoms with van der Waals surface area (Å²) in [6.45, 7) is 1.55. The molecule has 2 aromatic heterocycles. The molecule has 0 aliphatic carbocycles. The number of fused-ring (bicyclic) bond motifs is 2. The molecule has 0 saturated carbocycles.